The average Bonchev–Trinajstić information content (AvgIpc) is 2.68. The molecule has 0 unspecified atom stereocenters. The summed E-state index contributed by atoms with van der Waals surface area (Å²) in [7, 11) is -3.77. The van der Waals surface area contributed by atoms with Gasteiger partial charge in [0.05, 0.1) is 30.3 Å². The number of aliphatic hydroxyl groups is 1. The first-order chi connectivity index (χ1) is 8.90. The largest absolute Gasteiger partial charge is 0.390 e. The Kier molecular flexibility index (Phi) is 4.25. The average molecular weight is 286 g/mol. The van der Waals surface area contributed by atoms with Gasteiger partial charge in [-0.2, -0.15) is 8.42 Å². The van der Waals surface area contributed by atoms with Crippen molar-refractivity contribution < 1.29 is 22.4 Å². The SMILES string of the molecule is Cc1ccc(S(=O)(=O)OC[C@H]2OC[C@@H](O)[C@@H]2C)cc1. The molecule has 3 atom stereocenters. The second-order valence-electron chi connectivity index (χ2n) is 4.85. The van der Waals surface area contributed by atoms with Gasteiger partial charge in [0.25, 0.3) is 10.1 Å². The molecule has 1 saturated heterocycles. The van der Waals surface area contributed by atoms with Gasteiger partial charge in [0.2, 0.25) is 0 Å². The Morgan fingerprint density at radius 3 is 2.53 bits per heavy atom. The summed E-state index contributed by atoms with van der Waals surface area (Å²) < 4.78 is 34.2. The van der Waals surface area contributed by atoms with Crippen LogP contribution in [-0.2, 0) is 19.0 Å². The third-order valence-electron chi connectivity index (χ3n) is 3.37. The van der Waals surface area contributed by atoms with E-state index in [1.807, 2.05) is 13.8 Å². The fourth-order valence-corrected chi connectivity index (χ4v) is 2.82. The zero-order valence-corrected chi connectivity index (χ0v) is 11.8. The Labute approximate surface area is 113 Å². The van der Waals surface area contributed by atoms with Gasteiger partial charge in [0, 0.05) is 5.92 Å². The second-order valence-corrected chi connectivity index (χ2v) is 6.47. The van der Waals surface area contributed by atoms with Crippen LogP contribution in [0.2, 0.25) is 0 Å². The highest BCUT2D eigenvalue weighted by molar-refractivity contribution is 7.86. The Bertz CT molecular complexity index is 522. The normalized spacial score (nSPS) is 27.6. The van der Waals surface area contributed by atoms with Crippen molar-refractivity contribution >= 4 is 10.1 Å². The highest BCUT2D eigenvalue weighted by Crippen LogP contribution is 2.22. The number of hydrogen-bond acceptors (Lipinski definition) is 5. The summed E-state index contributed by atoms with van der Waals surface area (Å²) in [6, 6.07) is 6.46. The minimum Gasteiger partial charge on any atom is -0.390 e. The molecule has 106 valence electrons. The monoisotopic (exact) mass is 286 g/mol. The first-order valence-electron chi connectivity index (χ1n) is 6.16. The van der Waals surface area contributed by atoms with Crippen molar-refractivity contribution in [2.75, 3.05) is 13.2 Å². The van der Waals surface area contributed by atoms with Crippen LogP contribution in [-0.4, -0.2) is 38.9 Å². The predicted octanol–water partition coefficient (Wildman–Crippen LogP) is 1.10. The van der Waals surface area contributed by atoms with Gasteiger partial charge >= 0.3 is 0 Å². The molecule has 0 saturated carbocycles. The van der Waals surface area contributed by atoms with Crippen molar-refractivity contribution in [2.45, 2.75) is 31.0 Å². The van der Waals surface area contributed by atoms with Gasteiger partial charge in [-0.3, -0.25) is 4.18 Å². The van der Waals surface area contributed by atoms with Crippen molar-refractivity contribution in [3.63, 3.8) is 0 Å². The van der Waals surface area contributed by atoms with Crippen molar-refractivity contribution in [2.24, 2.45) is 5.92 Å². The van der Waals surface area contributed by atoms with Gasteiger partial charge in [0.1, 0.15) is 0 Å². The van der Waals surface area contributed by atoms with Gasteiger partial charge in [0.15, 0.2) is 0 Å². The fraction of sp³-hybridized carbons (Fsp3) is 0.538. The second kappa shape index (κ2) is 5.58. The summed E-state index contributed by atoms with van der Waals surface area (Å²) in [6.07, 6.45) is -0.953. The molecule has 1 aromatic rings. The lowest BCUT2D eigenvalue weighted by molar-refractivity contribution is 0.0525. The van der Waals surface area contributed by atoms with Gasteiger partial charge in [-0.15, -0.1) is 0 Å². The number of aryl methyl sites for hydroxylation is 1. The molecule has 1 aromatic carbocycles. The maximum atomic E-state index is 11.9. The first kappa shape index (κ1) is 14.5. The first-order valence-corrected chi connectivity index (χ1v) is 7.57. The molecule has 0 bridgehead atoms. The van der Waals surface area contributed by atoms with E-state index in [2.05, 4.69) is 0 Å². The van der Waals surface area contributed by atoms with Gasteiger partial charge < -0.3 is 9.84 Å². The summed E-state index contributed by atoms with van der Waals surface area (Å²) >= 11 is 0. The number of rotatable bonds is 4. The van der Waals surface area contributed by atoms with Crippen molar-refractivity contribution in [3.8, 4) is 0 Å². The van der Waals surface area contributed by atoms with E-state index in [0.717, 1.165) is 5.56 Å². The standard InChI is InChI=1S/C13H18O5S/c1-9-3-5-11(6-4-9)19(15,16)18-8-13-10(2)12(14)7-17-13/h3-6,10,12-14H,7-8H2,1-2H3/t10-,12+,13+/m0/s1. The smallest absolute Gasteiger partial charge is 0.297 e. The lowest BCUT2D eigenvalue weighted by atomic mass is 10.0. The zero-order chi connectivity index (χ0) is 14.0. The minimum absolute atomic E-state index is 0.0750. The molecular formula is C13H18O5S. The van der Waals surface area contributed by atoms with E-state index >= 15 is 0 Å². The lowest BCUT2D eigenvalue weighted by Gasteiger charge is -2.15. The summed E-state index contributed by atoms with van der Waals surface area (Å²) in [6.45, 7) is 3.84. The van der Waals surface area contributed by atoms with Crippen molar-refractivity contribution in [1.82, 2.24) is 0 Å². The van der Waals surface area contributed by atoms with Crippen molar-refractivity contribution in [1.29, 1.82) is 0 Å². The number of aliphatic hydroxyl groups excluding tert-OH is 1. The lowest BCUT2D eigenvalue weighted by Crippen LogP contribution is -2.26. The molecular weight excluding hydrogens is 268 g/mol. The maximum Gasteiger partial charge on any atom is 0.297 e. The molecule has 0 aliphatic carbocycles. The van der Waals surface area contributed by atoms with Crippen LogP contribution >= 0.6 is 0 Å². The summed E-state index contributed by atoms with van der Waals surface area (Å²) in [5.41, 5.74) is 0.981. The molecule has 1 aliphatic rings. The van der Waals surface area contributed by atoms with Crippen LogP contribution in [0.25, 0.3) is 0 Å². The molecule has 6 heteroatoms. The van der Waals surface area contributed by atoms with Crippen molar-refractivity contribution in [3.05, 3.63) is 29.8 Å². The van der Waals surface area contributed by atoms with E-state index in [-0.39, 0.29) is 24.0 Å². The van der Waals surface area contributed by atoms with E-state index in [0.29, 0.717) is 0 Å². The molecule has 1 N–H and O–H groups in total. The molecule has 1 aliphatic heterocycles. The van der Waals surface area contributed by atoms with Crippen LogP contribution in [0.1, 0.15) is 12.5 Å². The quantitative estimate of drug-likeness (QED) is 0.839. The van der Waals surface area contributed by atoms with E-state index in [4.69, 9.17) is 8.92 Å². The minimum atomic E-state index is -3.77. The molecule has 1 fully saturated rings. The number of ether oxygens (including phenoxy) is 1. The highest BCUT2D eigenvalue weighted by Gasteiger charge is 2.33. The van der Waals surface area contributed by atoms with Crippen LogP contribution in [0.15, 0.2) is 29.2 Å². The van der Waals surface area contributed by atoms with Gasteiger partial charge in [-0.1, -0.05) is 24.6 Å². The molecule has 19 heavy (non-hydrogen) atoms. The zero-order valence-electron chi connectivity index (χ0n) is 10.9. The third-order valence-corrected chi connectivity index (χ3v) is 4.67. The van der Waals surface area contributed by atoms with Crippen LogP contribution in [0, 0.1) is 12.8 Å². The molecule has 2 rings (SSSR count). The van der Waals surface area contributed by atoms with Crippen LogP contribution < -0.4 is 0 Å². The van der Waals surface area contributed by atoms with E-state index in [1.165, 1.54) is 12.1 Å². The Hall–Kier alpha value is -0.950. The molecule has 0 aromatic heterocycles. The van der Waals surface area contributed by atoms with E-state index in [9.17, 15) is 13.5 Å². The van der Waals surface area contributed by atoms with Crippen LogP contribution in [0.4, 0.5) is 0 Å². The number of hydrogen-bond donors (Lipinski definition) is 1. The van der Waals surface area contributed by atoms with Crippen LogP contribution in [0.3, 0.4) is 0 Å². The summed E-state index contributed by atoms with van der Waals surface area (Å²) in [4.78, 5) is 0.129. The van der Waals surface area contributed by atoms with Crippen LogP contribution in [0.5, 0.6) is 0 Å². The maximum absolute atomic E-state index is 11.9. The Morgan fingerprint density at radius 2 is 2.00 bits per heavy atom. The van der Waals surface area contributed by atoms with Gasteiger partial charge in [-0.05, 0) is 19.1 Å². The topological polar surface area (TPSA) is 72.8 Å². The van der Waals surface area contributed by atoms with Gasteiger partial charge in [-0.25, -0.2) is 0 Å². The number of benzene rings is 1. The Morgan fingerprint density at radius 1 is 1.37 bits per heavy atom. The van der Waals surface area contributed by atoms with E-state index < -0.39 is 22.3 Å². The predicted molar refractivity (Wildman–Crippen MR) is 69.2 cm³/mol. The molecule has 0 amide bonds. The highest BCUT2D eigenvalue weighted by atomic mass is 32.2. The molecule has 0 radical (unpaired) electrons. The molecule has 1 heterocycles. The Balaban J connectivity index is 2.00. The molecule has 0 spiro atoms. The summed E-state index contributed by atoms with van der Waals surface area (Å²) in [5, 5.41) is 9.52. The van der Waals surface area contributed by atoms with E-state index in [1.54, 1.807) is 12.1 Å². The molecule has 5 nitrogen and oxygen atoms in total. The fourth-order valence-electron chi connectivity index (χ4n) is 1.90. The third kappa shape index (κ3) is 3.33. The summed E-state index contributed by atoms with van der Waals surface area (Å²) in [5.74, 6) is -0.131.